The van der Waals surface area contributed by atoms with Gasteiger partial charge in [0.1, 0.15) is 0 Å². The van der Waals surface area contributed by atoms with Crippen LogP contribution in [0.25, 0.3) is 0 Å². The summed E-state index contributed by atoms with van der Waals surface area (Å²) >= 11 is 0. The third-order valence-electron chi connectivity index (χ3n) is 2.10. The Balaban J connectivity index is 1.97. The third-order valence-corrected chi connectivity index (χ3v) is 2.10. The monoisotopic (exact) mass is 112 g/mol. The van der Waals surface area contributed by atoms with Gasteiger partial charge in [-0.25, -0.2) is 0 Å². The van der Waals surface area contributed by atoms with Crippen LogP contribution in [0.1, 0.15) is 6.42 Å². The number of likely N-dealkylation sites (N-methyl/N-ethyl adjacent to an activating group) is 1. The molecule has 3 aliphatic heterocycles. The van der Waals surface area contributed by atoms with Crippen LogP contribution in [0.15, 0.2) is 0 Å². The van der Waals surface area contributed by atoms with E-state index in [-0.39, 0.29) is 0 Å². The van der Waals surface area contributed by atoms with E-state index in [2.05, 4.69) is 17.3 Å². The Labute approximate surface area is 49.9 Å². The number of fused-ring (bicyclic) bond motifs is 2. The topological polar surface area (TPSA) is 15.3 Å². The molecule has 2 bridgehead atoms. The first-order valence-corrected chi connectivity index (χ1v) is 3.29. The van der Waals surface area contributed by atoms with Gasteiger partial charge < -0.3 is 10.2 Å². The second kappa shape index (κ2) is 1.45. The first-order valence-electron chi connectivity index (χ1n) is 3.29. The van der Waals surface area contributed by atoms with Crippen molar-refractivity contribution in [2.24, 2.45) is 0 Å². The molecule has 0 radical (unpaired) electrons. The molecular weight excluding hydrogens is 100 g/mol. The predicted molar refractivity (Wildman–Crippen MR) is 32.8 cm³/mol. The molecule has 0 amide bonds. The first-order chi connectivity index (χ1) is 3.84. The molecule has 3 rings (SSSR count). The molecule has 0 aromatic heterocycles. The summed E-state index contributed by atoms with van der Waals surface area (Å²) in [5, 5.41) is 3.47. The van der Waals surface area contributed by atoms with Gasteiger partial charge in [0.05, 0.1) is 0 Å². The molecule has 0 aromatic rings. The maximum atomic E-state index is 3.47. The number of piperidine rings is 1. The van der Waals surface area contributed by atoms with E-state index < -0.39 is 0 Å². The number of hydrogen-bond donors (Lipinski definition) is 1. The van der Waals surface area contributed by atoms with Crippen LogP contribution in [0.2, 0.25) is 0 Å². The van der Waals surface area contributed by atoms with Crippen molar-refractivity contribution in [3.8, 4) is 0 Å². The van der Waals surface area contributed by atoms with Gasteiger partial charge in [0.25, 0.3) is 0 Å². The molecule has 3 heterocycles. The number of nitrogens with zero attached hydrogens (tertiary/aromatic N) is 1. The van der Waals surface area contributed by atoms with E-state index in [4.69, 9.17) is 0 Å². The Bertz CT molecular complexity index is 86.7. The average molecular weight is 112 g/mol. The number of rotatable bonds is 0. The van der Waals surface area contributed by atoms with Crippen molar-refractivity contribution in [2.45, 2.75) is 18.5 Å². The highest BCUT2D eigenvalue weighted by Gasteiger charge is 2.34. The van der Waals surface area contributed by atoms with Crippen molar-refractivity contribution in [1.82, 2.24) is 10.2 Å². The zero-order valence-electron chi connectivity index (χ0n) is 5.22. The summed E-state index contributed by atoms with van der Waals surface area (Å²) in [7, 11) is 2.19. The summed E-state index contributed by atoms with van der Waals surface area (Å²) in [4.78, 5) is 2.40. The van der Waals surface area contributed by atoms with E-state index in [1.165, 1.54) is 19.5 Å². The smallest absolute Gasteiger partial charge is 0.0213 e. The van der Waals surface area contributed by atoms with Crippen molar-refractivity contribution in [1.29, 1.82) is 0 Å². The number of nitrogens with one attached hydrogen (secondary N) is 1. The third kappa shape index (κ3) is 0.565. The predicted octanol–water partition coefficient (Wildman–Crippen LogP) is -0.338. The van der Waals surface area contributed by atoms with Crippen LogP contribution in [-0.4, -0.2) is 37.1 Å². The van der Waals surface area contributed by atoms with Gasteiger partial charge in [-0.2, -0.15) is 0 Å². The highest BCUT2D eigenvalue weighted by Crippen LogP contribution is 2.18. The van der Waals surface area contributed by atoms with Crippen LogP contribution in [0.4, 0.5) is 0 Å². The van der Waals surface area contributed by atoms with Crippen LogP contribution in [0.3, 0.4) is 0 Å². The second-order valence-corrected chi connectivity index (χ2v) is 3.02. The van der Waals surface area contributed by atoms with Crippen LogP contribution >= 0.6 is 0 Å². The van der Waals surface area contributed by atoms with E-state index in [1.54, 1.807) is 0 Å². The fourth-order valence-electron chi connectivity index (χ4n) is 1.73. The lowest BCUT2D eigenvalue weighted by atomic mass is 9.92. The molecule has 8 heavy (non-hydrogen) atoms. The highest BCUT2D eigenvalue weighted by molar-refractivity contribution is 4.96. The standard InChI is InChI=1S/C6H12N2/c1-8-3-5-2-6(4-8)7-5/h5-7H,2-4H2,1H3/t5-,6?/m0/s1. The van der Waals surface area contributed by atoms with E-state index in [9.17, 15) is 0 Å². The minimum absolute atomic E-state index is 0.832. The van der Waals surface area contributed by atoms with Crippen molar-refractivity contribution < 1.29 is 0 Å². The van der Waals surface area contributed by atoms with Crippen LogP contribution in [-0.2, 0) is 0 Å². The van der Waals surface area contributed by atoms with E-state index in [1.807, 2.05) is 0 Å². The van der Waals surface area contributed by atoms with Crippen molar-refractivity contribution in [2.75, 3.05) is 20.1 Å². The van der Waals surface area contributed by atoms with E-state index in [0.29, 0.717) is 0 Å². The average Bonchev–Trinajstić information content (AvgIpc) is 1.62. The largest absolute Gasteiger partial charge is 0.309 e. The summed E-state index contributed by atoms with van der Waals surface area (Å²) in [6.45, 7) is 2.52. The van der Waals surface area contributed by atoms with Gasteiger partial charge in [0, 0.05) is 25.2 Å². The summed E-state index contributed by atoms with van der Waals surface area (Å²) < 4.78 is 0. The Morgan fingerprint density at radius 2 is 1.88 bits per heavy atom. The van der Waals surface area contributed by atoms with Gasteiger partial charge in [0.15, 0.2) is 0 Å². The highest BCUT2D eigenvalue weighted by atomic mass is 15.2. The fraction of sp³-hybridized carbons (Fsp3) is 1.00. The molecule has 3 aliphatic rings. The normalized spacial score (nSPS) is 46.1. The zero-order chi connectivity index (χ0) is 5.56. The molecular formula is C6H12N2. The molecule has 2 heteroatoms. The molecule has 0 spiro atoms. The minimum atomic E-state index is 0.832. The second-order valence-electron chi connectivity index (χ2n) is 3.02. The summed E-state index contributed by atoms with van der Waals surface area (Å²) in [6.07, 6.45) is 1.42. The van der Waals surface area contributed by atoms with Gasteiger partial charge >= 0.3 is 0 Å². The van der Waals surface area contributed by atoms with Crippen molar-refractivity contribution >= 4 is 0 Å². The number of piperazine rings is 1. The SMILES string of the molecule is CN1CC2C[C@@H](C1)N2. The lowest BCUT2D eigenvalue weighted by molar-refractivity contribution is 0.0984. The Kier molecular flexibility index (Phi) is 0.866. The molecule has 0 aromatic carbocycles. The molecule has 1 N–H and O–H groups in total. The molecule has 0 aliphatic carbocycles. The molecule has 2 atom stereocenters. The molecule has 3 fully saturated rings. The Hall–Kier alpha value is -0.0800. The Morgan fingerprint density at radius 1 is 1.38 bits per heavy atom. The Morgan fingerprint density at radius 3 is 2.12 bits per heavy atom. The molecule has 1 unspecified atom stereocenters. The molecule has 46 valence electrons. The van der Waals surface area contributed by atoms with Crippen LogP contribution in [0.5, 0.6) is 0 Å². The molecule has 0 saturated carbocycles. The molecule has 3 saturated heterocycles. The van der Waals surface area contributed by atoms with Gasteiger partial charge in [-0.05, 0) is 13.5 Å². The van der Waals surface area contributed by atoms with Gasteiger partial charge in [-0.3, -0.25) is 0 Å². The lowest BCUT2D eigenvalue weighted by Crippen LogP contribution is -2.65. The van der Waals surface area contributed by atoms with E-state index >= 15 is 0 Å². The van der Waals surface area contributed by atoms with Crippen molar-refractivity contribution in [3.63, 3.8) is 0 Å². The summed E-state index contributed by atoms with van der Waals surface area (Å²) in [6, 6.07) is 1.66. The fourth-order valence-corrected chi connectivity index (χ4v) is 1.73. The first kappa shape index (κ1) is 4.77. The number of hydrogen-bond acceptors (Lipinski definition) is 2. The molecule has 2 nitrogen and oxygen atoms in total. The quantitative estimate of drug-likeness (QED) is 0.461. The zero-order valence-corrected chi connectivity index (χ0v) is 5.22. The van der Waals surface area contributed by atoms with Gasteiger partial charge in [0.2, 0.25) is 0 Å². The maximum absolute atomic E-state index is 3.47. The van der Waals surface area contributed by atoms with E-state index in [0.717, 1.165) is 12.1 Å². The van der Waals surface area contributed by atoms with Gasteiger partial charge in [-0.1, -0.05) is 0 Å². The minimum Gasteiger partial charge on any atom is -0.309 e. The van der Waals surface area contributed by atoms with Gasteiger partial charge in [-0.15, -0.1) is 0 Å². The summed E-state index contributed by atoms with van der Waals surface area (Å²) in [5.74, 6) is 0. The van der Waals surface area contributed by atoms with Crippen molar-refractivity contribution in [3.05, 3.63) is 0 Å². The van der Waals surface area contributed by atoms with Crippen LogP contribution in [0, 0.1) is 0 Å². The maximum Gasteiger partial charge on any atom is 0.0213 e. The van der Waals surface area contributed by atoms with Crippen LogP contribution < -0.4 is 5.32 Å². The lowest BCUT2D eigenvalue weighted by Gasteiger charge is -2.47. The summed E-state index contributed by atoms with van der Waals surface area (Å²) in [5.41, 5.74) is 0.